The standard InChI is InChI=1S/C27H37N3O5/c1-32-24-6-4-20(26(33-2)27(24)34-3)5-7-25(31)30-16-10-21(11-17-30)29-18-12-23(13-19-29)35-22-8-14-28-15-9-22/h4,6,8-9,14-15,21,23H,5,7,10-13,16-19H2,1-3H3. The number of carbonyl (C=O) groups excluding carboxylic acids is 1. The summed E-state index contributed by atoms with van der Waals surface area (Å²) in [6.45, 7) is 3.74. The van der Waals surface area contributed by atoms with Crippen LogP contribution in [0, 0.1) is 0 Å². The van der Waals surface area contributed by atoms with Crippen molar-refractivity contribution in [1.82, 2.24) is 14.8 Å². The largest absolute Gasteiger partial charge is 0.493 e. The Bertz CT molecular complexity index is 955. The molecule has 8 heteroatoms. The Hall–Kier alpha value is -3.00. The number of aryl methyl sites for hydroxylation is 1. The molecular weight excluding hydrogens is 446 g/mol. The number of pyridine rings is 1. The third-order valence-electron chi connectivity index (χ3n) is 7.16. The van der Waals surface area contributed by atoms with Gasteiger partial charge in [0, 0.05) is 51.0 Å². The third-order valence-corrected chi connectivity index (χ3v) is 7.16. The van der Waals surface area contributed by atoms with E-state index in [-0.39, 0.29) is 12.0 Å². The number of piperidine rings is 2. The highest BCUT2D eigenvalue weighted by Gasteiger charge is 2.30. The number of ether oxygens (including phenoxy) is 4. The van der Waals surface area contributed by atoms with E-state index in [0.29, 0.717) is 36.1 Å². The molecule has 0 spiro atoms. The molecule has 1 aromatic heterocycles. The molecule has 0 N–H and O–H groups in total. The molecule has 2 saturated heterocycles. The third kappa shape index (κ3) is 6.17. The molecule has 8 nitrogen and oxygen atoms in total. The highest BCUT2D eigenvalue weighted by molar-refractivity contribution is 5.76. The Balaban J connectivity index is 1.22. The number of carbonyl (C=O) groups is 1. The van der Waals surface area contributed by atoms with E-state index in [0.717, 1.165) is 63.2 Å². The Morgan fingerprint density at radius 1 is 0.886 bits per heavy atom. The lowest BCUT2D eigenvalue weighted by Crippen LogP contribution is -2.50. The predicted octanol–water partition coefficient (Wildman–Crippen LogP) is 3.57. The van der Waals surface area contributed by atoms with Gasteiger partial charge >= 0.3 is 0 Å². The maximum Gasteiger partial charge on any atom is 0.222 e. The summed E-state index contributed by atoms with van der Waals surface area (Å²) in [6.07, 6.45) is 8.99. The van der Waals surface area contributed by atoms with Crippen LogP contribution >= 0.6 is 0 Å². The monoisotopic (exact) mass is 483 g/mol. The molecule has 0 aliphatic carbocycles. The van der Waals surface area contributed by atoms with E-state index >= 15 is 0 Å². The normalized spacial score (nSPS) is 17.7. The number of nitrogens with zero attached hydrogens (tertiary/aromatic N) is 3. The SMILES string of the molecule is COc1ccc(CCC(=O)N2CCC(N3CCC(Oc4ccncc4)CC3)CC2)c(OC)c1OC. The molecule has 0 atom stereocenters. The van der Waals surface area contributed by atoms with Crippen molar-refractivity contribution in [2.75, 3.05) is 47.5 Å². The van der Waals surface area contributed by atoms with Crippen molar-refractivity contribution in [1.29, 1.82) is 0 Å². The van der Waals surface area contributed by atoms with Crippen LogP contribution < -0.4 is 18.9 Å². The molecule has 4 rings (SSSR count). The fraction of sp³-hybridized carbons (Fsp3) is 0.556. The maximum atomic E-state index is 12.9. The number of methoxy groups -OCH3 is 3. The van der Waals surface area contributed by atoms with Crippen LogP contribution in [0.15, 0.2) is 36.7 Å². The van der Waals surface area contributed by atoms with E-state index in [1.54, 1.807) is 33.7 Å². The molecule has 190 valence electrons. The van der Waals surface area contributed by atoms with Crippen molar-refractivity contribution < 1.29 is 23.7 Å². The van der Waals surface area contributed by atoms with Gasteiger partial charge in [0.15, 0.2) is 11.5 Å². The first-order valence-corrected chi connectivity index (χ1v) is 12.5. The molecule has 0 saturated carbocycles. The van der Waals surface area contributed by atoms with Crippen LogP contribution in [-0.4, -0.2) is 80.3 Å². The average molecular weight is 484 g/mol. The minimum atomic E-state index is 0.199. The summed E-state index contributed by atoms with van der Waals surface area (Å²) in [6, 6.07) is 8.19. The van der Waals surface area contributed by atoms with E-state index in [9.17, 15) is 4.79 Å². The summed E-state index contributed by atoms with van der Waals surface area (Å²) in [5.41, 5.74) is 0.949. The molecule has 1 amide bonds. The van der Waals surface area contributed by atoms with Gasteiger partial charge in [-0.1, -0.05) is 6.07 Å². The Morgan fingerprint density at radius 3 is 2.20 bits per heavy atom. The van der Waals surface area contributed by atoms with Crippen molar-refractivity contribution in [3.05, 3.63) is 42.2 Å². The van der Waals surface area contributed by atoms with Gasteiger partial charge in [-0.15, -0.1) is 0 Å². The quantitative estimate of drug-likeness (QED) is 0.540. The lowest BCUT2D eigenvalue weighted by molar-refractivity contribution is -0.132. The molecule has 1 aromatic carbocycles. The first kappa shape index (κ1) is 25.1. The van der Waals surface area contributed by atoms with Crippen molar-refractivity contribution in [3.8, 4) is 23.0 Å². The van der Waals surface area contributed by atoms with Crippen molar-refractivity contribution in [2.24, 2.45) is 0 Å². The minimum Gasteiger partial charge on any atom is -0.493 e. The molecule has 0 unspecified atom stereocenters. The van der Waals surface area contributed by atoms with Gasteiger partial charge < -0.3 is 23.8 Å². The minimum absolute atomic E-state index is 0.199. The van der Waals surface area contributed by atoms with Gasteiger partial charge in [-0.25, -0.2) is 0 Å². The van der Waals surface area contributed by atoms with Crippen molar-refractivity contribution in [3.63, 3.8) is 0 Å². The Labute approximate surface area is 208 Å². The van der Waals surface area contributed by atoms with Crippen LogP contribution in [0.3, 0.4) is 0 Å². The zero-order valence-corrected chi connectivity index (χ0v) is 21.1. The number of hydrogen-bond donors (Lipinski definition) is 0. The van der Waals surface area contributed by atoms with Gasteiger partial charge in [0.05, 0.1) is 21.3 Å². The van der Waals surface area contributed by atoms with Crippen molar-refractivity contribution in [2.45, 2.75) is 50.7 Å². The van der Waals surface area contributed by atoms with Gasteiger partial charge in [-0.2, -0.15) is 0 Å². The molecular formula is C27H37N3O5. The maximum absolute atomic E-state index is 12.9. The summed E-state index contributed by atoms with van der Waals surface area (Å²) in [7, 11) is 4.81. The second-order valence-electron chi connectivity index (χ2n) is 9.14. The topological polar surface area (TPSA) is 73.4 Å². The van der Waals surface area contributed by atoms with E-state index in [4.69, 9.17) is 18.9 Å². The van der Waals surface area contributed by atoms with Gasteiger partial charge in [-0.05, 0) is 55.9 Å². The van der Waals surface area contributed by atoms with Crippen LogP contribution in [0.5, 0.6) is 23.0 Å². The van der Waals surface area contributed by atoms with Crippen molar-refractivity contribution >= 4 is 5.91 Å². The lowest BCUT2D eigenvalue weighted by Gasteiger charge is -2.41. The smallest absolute Gasteiger partial charge is 0.222 e. The number of benzene rings is 1. The first-order valence-electron chi connectivity index (χ1n) is 12.5. The second-order valence-corrected chi connectivity index (χ2v) is 9.14. The zero-order chi connectivity index (χ0) is 24.6. The molecule has 0 bridgehead atoms. The molecule has 35 heavy (non-hydrogen) atoms. The summed E-state index contributed by atoms with van der Waals surface area (Å²) in [4.78, 5) is 21.6. The molecule has 2 aliphatic heterocycles. The van der Waals surface area contributed by atoms with Crippen LogP contribution in [0.2, 0.25) is 0 Å². The van der Waals surface area contributed by atoms with E-state index in [1.807, 2.05) is 29.2 Å². The van der Waals surface area contributed by atoms with Gasteiger partial charge in [0.2, 0.25) is 11.7 Å². The number of hydrogen-bond acceptors (Lipinski definition) is 7. The van der Waals surface area contributed by atoms with E-state index < -0.39 is 0 Å². The van der Waals surface area contributed by atoms with Crippen LogP contribution in [-0.2, 0) is 11.2 Å². The molecule has 2 aromatic rings. The molecule has 0 radical (unpaired) electrons. The van der Waals surface area contributed by atoms with Crippen LogP contribution in [0.1, 0.15) is 37.7 Å². The Morgan fingerprint density at radius 2 is 1.57 bits per heavy atom. The summed E-state index contributed by atoms with van der Waals surface area (Å²) >= 11 is 0. The number of amides is 1. The summed E-state index contributed by atoms with van der Waals surface area (Å²) < 4.78 is 22.5. The Kier molecular flexibility index (Phi) is 8.69. The highest BCUT2D eigenvalue weighted by atomic mass is 16.5. The zero-order valence-electron chi connectivity index (χ0n) is 21.1. The van der Waals surface area contributed by atoms with Crippen LogP contribution in [0.25, 0.3) is 0 Å². The average Bonchev–Trinajstić information content (AvgIpc) is 2.92. The first-order chi connectivity index (χ1) is 17.1. The molecule has 3 heterocycles. The number of rotatable bonds is 9. The number of likely N-dealkylation sites (tertiary alicyclic amines) is 2. The summed E-state index contributed by atoms with van der Waals surface area (Å²) in [5, 5.41) is 0. The van der Waals surface area contributed by atoms with E-state index in [1.165, 1.54) is 0 Å². The van der Waals surface area contributed by atoms with Crippen LogP contribution in [0.4, 0.5) is 0 Å². The second kappa shape index (κ2) is 12.1. The highest BCUT2D eigenvalue weighted by Crippen LogP contribution is 2.40. The number of aromatic nitrogens is 1. The fourth-order valence-corrected chi connectivity index (χ4v) is 5.21. The van der Waals surface area contributed by atoms with Gasteiger partial charge in [-0.3, -0.25) is 14.7 Å². The fourth-order valence-electron chi connectivity index (χ4n) is 5.21. The van der Waals surface area contributed by atoms with Gasteiger partial charge in [0.25, 0.3) is 0 Å². The lowest BCUT2D eigenvalue weighted by atomic mass is 9.98. The van der Waals surface area contributed by atoms with E-state index in [2.05, 4.69) is 9.88 Å². The predicted molar refractivity (Wildman–Crippen MR) is 133 cm³/mol. The molecule has 2 fully saturated rings. The van der Waals surface area contributed by atoms with Gasteiger partial charge in [0.1, 0.15) is 11.9 Å². The molecule has 2 aliphatic rings. The summed E-state index contributed by atoms with van der Waals surface area (Å²) in [5.74, 6) is 2.92.